The third-order valence-electron chi connectivity index (χ3n) is 2.83. The number of benzene rings is 2. The fourth-order valence-corrected chi connectivity index (χ4v) is 1.68. The molecule has 0 radical (unpaired) electrons. The van der Waals surface area contributed by atoms with Crippen molar-refractivity contribution in [3.05, 3.63) is 59.7 Å². The lowest BCUT2D eigenvalue weighted by atomic mass is 10.2. The molecule has 0 aliphatic heterocycles. The van der Waals surface area contributed by atoms with Crippen LogP contribution < -0.4 is 10.2 Å². The van der Waals surface area contributed by atoms with Gasteiger partial charge in [0.1, 0.15) is 11.5 Å². The van der Waals surface area contributed by atoms with Gasteiger partial charge in [-0.1, -0.05) is 6.07 Å². The summed E-state index contributed by atoms with van der Waals surface area (Å²) in [5.74, 6) is -0.587. The Labute approximate surface area is 135 Å². The summed E-state index contributed by atoms with van der Waals surface area (Å²) in [6.45, 7) is -0.478. The molecule has 2 aromatic carbocycles. The van der Waals surface area contributed by atoms with E-state index in [2.05, 4.69) is 10.5 Å². The van der Waals surface area contributed by atoms with E-state index in [0.29, 0.717) is 5.56 Å². The van der Waals surface area contributed by atoms with Crippen LogP contribution in [0.5, 0.6) is 11.5 Å². The van der Waals surface area contributed by atoms with Gasteiger partial charge in [0, 0.05) is 0 Å². The van der Waals surface area contributed by atoms with Gasteiger partial charge in [-0.15, -0.1) is 0 Å². The van der Waals surface area contributed by atoms with E-state index in [1.165, 1.54) is 30.5 Å². The minimum Gasteiger partial charge on any atom is -0.508 e. The monoisotopic (exact) mass is 338 g/mol. The Balaban J connectivity index is 1.84. The van der Waals surface area contributed by atoms with Crippen LogP contribution in [0.15, 0.2) is 53.6 Å². The molecule has 0 unspecified atom stereocenters. The first kappa shape index (κ1) is 17.3. The summed E-state index contributed by atoms with van der Waals surface area (Å²) in [4.78, 5) is 11.5. The Hall–Kier alpha value is -3.03. The average Bonchev–Trinajstić information content (AvgIpc) is 2.54. The van der Waals surface area contributed by atoms with Crippen LogP contribution in [0.3, 0.4) is 0 Å². The first-order valence-corrected chi connectivity index (χ1v) is 6.75. The van der Waals surface area contributed by atoms with E-state index >= 15 is 0 Å². The summed E-state index contributed by atoms with van der Waals surface area (Å²) in [6.07, 6.45) is -3.13. The van der Waals surface area contributed by atoms with Gasteiger partial charge in [-0.25, -0.2) is 5.43 Å². The lowest BCUT2D eigenvalue weighted by Crippen LogP contribution is -2.24. The Morgan fingerprint density at radius 3 is 2.58 bits per heavy atom. The van der Waals surface area contributed by atoms with Gasteiger partial charge >= 0.3 is 6.18 Å². The van der Waals surface area contributed by atoms with Gasteiger partial charge in [0.25, 0.3) is 5.91 Å². The number of aromatic hydroxyl groups is 1. The summed E-state index contributed by atoms with van der Waals surface area (Å²) >= 11 is 0. The fraction of sp³-hybridized carbons (Fsp3) is 0.125. The van der Waals surface area contributed by atoms with E-state index in [0.717, 1.165) is 12.1 Å². The van der Waals surface area contributed by atoms with E-state index in [9.17, 15) is 18.0 Å². The Morgan fingerprint density at radius 1 is 1.21 bits per heavy atom. The van der Waals surface area contributed by atoms with E-state index in [1.54, 1.807) is 12.1 Å². The van der Waals surface area contributed by atoms with Crippen molar-refractivity contribution < 1.29 is 27.8 Å². The lowest BCUT2D eigenvalue weighted by Gasteiger charge is -2.09. The molecule has 2 N–H and O–H groups in total. The number of amides is 1. The molecule has 0 bridgehead atoms. The van der Waals surface area contributed by atoms with Crippen molar-refractivity contribution in [3.63, 3.8) is 0 Å². The van der Waals surface area contributed by atoms with Crippen molar-refractivity contribution in [2.24, 2.45) is 5.10 Å². The van der Waals surface area contributed by atoms with Crippen LogP contribution in [-0.4, -0.2) is 23.8 Å². The highest BCUT2D eigenvalue weighted by atomic mass is 19.4. The summed E-state index contributed by atoms with van der Waals surface area (Å²) in [6, 6.07) is 10.3. The van der Waals surface area contributed by atoms with Crippen LogP contribution in [0.4, 0.5) is 13.2 Å². The van der Waals surface area contributed by atoms with E-state index in [4.69, 9.17) is 9.84 Å². The predicted molar refractivity (Wildman–Crippen MR) is 80.8 cm³/mol. The zero-order valence-corrected chi connectivity index (χ0v) is 12.2. The van der Waals surface area contributed by atoms with Gasteiger partial charge in [0.05, 0.1) is 11.8 Å². The number of nitrogens with one attached hydrogen (secondary N) is 1. The largest absolute Gasteiger partial charge is 0.508 e. The first-order valence-electron chi connectivity index (χ1n) is 6.75. The third kappa shape index (κ3) is 5.31. The highest BCUT2D eigenvalue weighted by Gasteiger charge is 2.30. The molecule has 0 spiro atoms. The molecule has 24 heavy (non-hydrogen) atoms. The van der Waals surface area contributed by atoms with E-state index in [1.807, 2.05) is 0 Å². The summed E-state index contributed by atoms with van der Waals surface area (Å²) < 4.78 is 42.7. The maximum atomic E-state index is 12.5. The van der Waals surface area contributed by atoms with Crippen molar-refractivity contribution in [2.75, 3.05) is 6.61 Å². The standard InChI is InChI=1S/C16H13F3N2O3/c17-16(18,19)12-2-1-3-14(8-12)24-10-15(23)21-20-9-11-4-6-13(22)7-5-11/h1-9,22H,10H2,(H,21,23)/b20-9-. The summed E-state index contributed by atoms with van der Waals surface area (Å²) in [7, 11) is 0. The molecule has 0 saturated heterocycles. The number of carbonyl (C=O) groups excluding carboxylic acids is 1. The molecule has 0 aliphatic carbocycles. The normalized spacial score (nSPS) is 11.5. The summed E-state index contributed by atoms with van der Waals surface area (Å²) in [5.41, 5.74) is 1.97. The third-order valence-corrected chi connectivity index (χ3v) is 2.83. The molecule has 0 aliphatic rings. The average molecular weight is 338 g/mol. The molecular formula is C16H13F3N2O3. The van der Waals surface area contributed by atoms with Crippen LogP contribution in [0, 0.1) is 0 Å². The fourth-order valence-electron chi connectivity index (χ4n) is 1.68. The van der Waals surface area contributed by atoms with Gasteiger partial charge in [0.2, 0.25) is 0 Å². The second-order valence-corrected chi connectivity index (χ2v) is 4.70. The van der Waals surface area contributed by atoms with Crippen LogP contribution in [-0.2, 0) is 11.0 Å². The van der Waals surface area contributed by atoms with Gasteiger partial charge in [-0.3, -0.25) is 4.79 Å². The van der Waals surface area contributed by atoms with Gasteiger partial charge in [-0.05, 0) is 48.0 Å². The van der Waals surface area contributed by atoms with Crippen LogP contribution in [0.1, 0.15) is 11.1 Å². The number of hydrazone groups is 1. The van der Waals surface area contributed by atoms with Crippen molar-refractivity contribution >= 4 is 12.1 Å². The van der Waals surface area contributed by atoms with Gasteiger partial charge in [0.15, 0.2) is 6.61 Å². The molecule has 0 saturated carbocycles. The number of phenols is 1. The Kier molecular flexibility index (Phi) is 5.41. The molecule has 0 aromatic heterocycles. The Morgan fingerprint density at radius 2 is 1.92 bits per heavy atom. The molecule has 5 nitrogen and oxygen atoms in total. The zero-order chi connectivity index (χ0) is 17.6. The Bertz CT molecular complexity index is 728. The lowest BCUT2D eigenvalue weighted by molar-refractivity contribution is -0.137. The molecule has 126 valence electrons. The second kappa shape index (κ2) is 7.49. The van der Waals surface area contributed by atoms with Gasteiger partial charge in [-0.2, -0.15) is 18.3 Å². The second-order valence-electron chi connectivity index (χ2n) is 4.70. The topological polar surface area (TPSA) is 70.9 Å². The highest BCUT2D eigenvalue weighted by Crippen LogP contribution is 2.31. The number of hydrogen-bond acceptors (Lipinski definition) is 4. The quantitative estimate of drug-likeness (QED) is 0.650. The number of halogens is 3. The van der Waals surface area contributed by atoms with Crippen LogP contribution in [0.2, 0.25) is 0 Å². The number of ether oxygens (including phenoxy) is 1. The summed E-state index contributed by atoms with van der Waals surface area (Å²) in [5, 5.41) is 12.8. The van der Waals surface area contributed by atoms with E-state index in [-0.39, 0.29) is 11.5 Å². The molecule has 2 aromatic rings. The number of nitrogens with zero attached hydrogens (tertiary/aromatic N) is 1. The number of carbonyl (C=O) groups is 1. The molecule has 2 rings (SSSR count). The molecule has 0 fully saturated rings. The first-order chi connectivity index (χ1) is 11.3. The minimum atomic E-state index is -4.48. The van der Waals surface area contributed by atoms with Crippen molar-refractivity contribution in [1.29, 1.82) is 0 Å². The van der Waals surface area contributed by atoms with Crippen molar-refractivity contribution in [1.82, 2.24) is 5.43 Å². The molecule has 1 amide bonds. The van der Waals surface area contributed by atoms with Crippen LogP contribution in [0.25, 0.3) is 0 Å². The molecule has 8 heteroatoms. The maximum absolute atomic E-state index is 12.5. The predicted octanol–water partition coefficient (Wildman–Crippen LogP) is 2.94. The molecule has 0 atom stereocenters. The van der Waals surface area contributed by atoms with Crippen molar-refractivity contribution in [2.45, 2.75) is 6.18 Å². The van der Waals surface area contributed by atoms with Crippen molar-refractivity contribution in [3.8, 4) is 11.5 Å². The SMILES string of the molecule is O=C(COc1cccc(C(F)(F)F)c1)N/N=C\c1ccc(O)cc1. The maximum Gasteiger partial charge on any atom is 0.416 e. The minimum absolute atomic E-state index is 0.0671. The number of rotatable bonds is 5. The van der Waals surface area contributed by atoms with E-state index < -0.39 is 24.3 Å². The highest BCUT2D eigenvalue weighted by molar-refractivity contribution is 5.83. The van der Waals surface area contributed by atoms with Gasteiger partial charge < -0.3 is 9.84 Å². The molecule has 0 heterocycles. The number of phenolic OH excluding ortho intramolecular Hbond substituents is 1. The smallest absolute Gasteiger partial charge is 0.416 e. The number of alkyl halides is 3. The zero-order valence-electron chi connectivity index (χ0n) is 12.2. The van der Waals surface area contributed by atoms with Crippen LogP contribution >= 0.6 is 0 Å². The number of hydrogen-bond donors (Lipinski definition) is 2. The molecular weight excluding hydrogens is 325 g/mol.